The highest BCUT2D eigenvalue weighted by Crippen LogP contribution is 2.40. The summed E-state index contributed by atoms with van der Waals surface area (Å²) in [6, 6.07) is 0.0300. The number of hydrogen-bond donors (Lipinski definition) is 1. The molecule has 1 aliphatic carbocycles. The van der Waals surface area contributed by atoms with Crippen molar-refractivity contribution < 1.29 is 4.79 Å². The Labute approximate surface area is 134 Å². The van der Waals surface area contributed by atoms with Crippen LogP contribution < -0.4 is 5.32 Å². The van der Waals surface area contributed by atoms with Gasteiger partial charge in [0.1, 0.15) is 0 Å². The summed E-state index contributed by atoms with van der Waals surface area (Å²) < 4.78 is 0.299. The molecule has 1 saturated heterocycles. The number of thioether (sulfide) groups is 1. The Balaban J connectivity index is 2.11. The van der Waals surface area contributed by atoms with E-state index in [1.165, 1.54) is 32.1 Å². The fourth-order valence-corrected chi connectivity index (χ4v) is 4.77. The van der Waals surface area contributed by atoms with Gasteiger partial charge in [0.25, 0.3) is 0 Å². The van der Waals surface area contributed by atoms with Gasteiger partial charge >= 0.3 is 0 Å². The van der Waals surface area contributed by atoms with Crippen molar-refractivity contribution in [1.82, 2.24) is 10.2 Å². The Bertz CT molecular complexity index is 355. The van der Waals surface area contributed by atoms with Crippen LogP contribution in [-0.2, 0) is 4.79 Å². The van der Waals surface area contributed by atoms with E-state index in [1.807, 2.05) is 11.8 Å². The molecule has 0 aromatic rings. The van der Waals surface area contributed by atoms with Gasteiger partial charge in [0.2, 0.25) is 5.91 Å². The number of carbonyl (C=O) groups is 1. The van der Waals surface area contributed by atoms with Crippen molar-refractivity contribution in [1.29, 1.82) is 0 Å². The van der Waals surface area contributed by atoms with E-state index >= 15 is 0 Å². The summed E-state index contributed by atoms with van der Waals surface area (Å²) >= 11 is 1.99. The largest absolute Gasteiger partial charge is 0.324 e. The maximum Gasteiger partial charge on any atom is 0.241 e. The minimum Gasteiger partial charge on any atom is -0.324 e. The summed E-state index contributed by atoms with van der Waals surface area (Å²) in [4.78, 5) is 15.0. The predicted molar refractivity (Wildman–Crippen MR) is 91.5 cm³/mol. The summed E-state index contributed by atoms with van der Waals surface area (Å²) in [5, 5.41) is 3.59. The van der Waals surface area contributed by atoms with E-state index in [9.17, 15) is 4.79 Å². The number of nitrogens with zero attached hydrogens (tertiary/aromatic N) is 1. The molecule has 2 rings (SSSR count). The molecule has 0 aromatic carbocycles. The molecule has 2 aliphatic rings. The first kappa shape index (κ1) is 17.1. The summed E-state index contributed by atoms with van der Waals surface area (Å²) in [7, 11) is 0. The van der Waals surface area contributed by atoms with Crippen molar-refractivity contribution in [3.8, 4) is 0 Å². The molecule has 4 heteroatoms. The average Bonchev–Trinajstić information content (AvgIpc) is 2.84. The molecule has 3 unspecified atom stereocenters. The monoisotopic (exact) mass is 312 g/mol. The van der Waals surface area contributed by atoms with E-state index < -0.39 is 0 Å². The summed E-state index contributed by atoms with van der Waals surface area (Å²) in [6.07, 6.45) is 11.1. The first-order valence-electron chi connectivity index (χ1n) is 8.68. The number of carbonyl (C=O) groups excluding carboxylic acids is 1. The van der Waals surface area contributed by atoms with Gasteiger partial charge in [0, 0.05) is 11.3 Å². The van der Waals surface area contributed by atoms with Crippen LogP contribution in [0.5, 0.6) is 0 Å². The molecule has 0 bridgehead atoms. The molecule has 1 saturated carbocycles. The summed E-state index contributed by atoms with van der Waals surface area (Å²) in [5.74, 6) is 0.767. The van der Waals surface area contributed by atoms with Crippen LogP contribution in [0.4, 0.5) is 0 Å². The molecule has 1 heterocycles. The highest BCUT2D eigenvalue weighted by molar-refractivity contribution is 8.00. The number of amides is 1. The van der Waals surface area contributed by atoms with E-state index in [1.54, 1.807) is 0 Å². The minimum atomic E-state index is 0.0300. The zero-order valence-electron chi connectivity index (χ0n) is 14.2. The summed E-state index contributed by atoms with van der Waals surface area (Å²) in [6.45, 7) is 7.49. The zero-order valence-corrected chi connectivity index (χ0v) is 15.0. The fraction of sp³-hybridized carbons (Fsp3) is 0.941. The second-order valence-corrected chi connectivity index (χ2v) is 8.14. The lowest BCUT2D eigenvalue weighted by Gasteiger charge is -2.40. The van der Waals surface area contributed by atoms with Crippen molar-refractivity contribution in [2.75, 3.05) is 12.8 Å². The SMILES string of the molecule is CCC(C)C1NC(CC)N(CC2(SC)CCCCC2)C1=O. The van der Waals surface area contributed by atoms with Crippen molar-refractivity contribution in [2.45, 2.75) is 82.7 Å². The highest BCUT2D eigenvalue weighted by atomic mass is 32.2. The Morgan fingerprint density at radius 2 is 2.00 bits per heavy atom. The van der Waals surface area contributed by atoms with Crippen LogP contribution in [-0.4, -0.2) is 40.6 Å². The molecule has 0 radical (unpaired) electrons. The van der Waals surface area contributed by atoms with E-state index in [4.69, 9.17) is 0 Å². The minimum absolute atomic E-state index is 0.0300. The Kier molecular flexibility index (Phi) is 6.01. The topological polar surface area (TPSA) is 32.3 Å². The van der Waals surface area contributed by atoms with Gasteiger partial charge in [-0.2, -0.15) is 11.8 Å². The van der Waals surface area contributed by atoms with E-state index in [2.05, 4.69) is 37.2 Å². The van der Waals surface area contributed by atoms with E-state index in [0.29, 0.717) is 16.6 Å². The number of rotatable bonds is 6. The van der Waals surface area contributed by atoms with Crippen LogP contribution in [0, 0.1) is 5.92 Å². The molecule has 3 nitrogen and oxygen atoms in total. The molecule has 1 amide bonds. The Hall–Kier alpha value is -0.220. The lowest BCUT2D eigenvalue weighted by atomic mass is 9.87. The van der Waals surface area contributed by atoms with Gasteiger partial charge in [-0.25, -0.2) is 0 Å². The van der Waals surface area contributed by atoms with Gasteiger partial charge in [-0.15, -0.1) is 0 Å². The first-order chi connectivity index (χ1) is 10.1. The van der Waals surface area contributed by atoms with Gasteiger partial charge in [-0.1, -0.05) is 46.5 Å². The number of hydrogen-bond acceptors (Lipinski definition) is 3. The quantitative estimate of drug-likeness (QED) is 0.813. The molecular formula is C17H32N2OS. The molecular weight excluding hydrogens is 280 g/mol. The van der Waals surface area contributed by atoms with Gasteiger partial charge in [0.05, 0.1) is 12.2 Å². The first-order valence-corrected chi connectivity index (χ1v) is 9.91. The van der Waals surface area contributed by atoms with Gasteiger partial charge in [-0.3, -0.25) is 10.1 Å². The average molecular weight is 313 g/mol. The molecule has 0 spiro atoms. The lowest BCUT2D eigenvalue weighted by Crippen LogP contribution is -2.47. The molecule has 2 fully saturated rings. The lowest BCUT2D eigenvalue weighted by molar-refractivity contribution is -0.131. The van der Waals surface area contributed by atoms with E-state index in [0.717, 1.165) is 19.4 Å². The van der Waals surface area contributed by atoms with Crippen LogP contribution in [0.25, 0.3) is 0 Å². The fourth-order valence-electron chi connectivity index (χ4n) is 3.80. The standard InChI is InChI=1S/C17H32N2OS/c1-5-13(3)15-16(20)19(14(6-2)18-15)12-17(21-4)10-8-7-9-11-17/h13-15,18H,5-12H2,1-4H3. The van der Waals surface area contributed by atoms with Crippen LogP contribution in [0.1, 0.15) is 65.7 Å². The van der Waals surface area contributed by atoms with E-state index in [-0.39, 0.29) is 12.2 Å². The zero-order chi connectivity index (χ0) is 15.5. The Morgan fingerprint density at radius 1 is 1.33 bits per heavy atom. The third kappa shape index (κ3) is 3.58. The third-order valence-corrected chi connectivity index (χ3v) is 6.96. The van der Waals surface area contributed by atoms with Crippen LogP contribution in [0.15, 0.2) is 0 Å². The summed E-state index contributed by atoms with van der Waals surface area (Å²) in [5.41, 5.74) is 0. The van der Waals surface area contributed by atoms with Crippen molar-refractivity contribution in [2.24, 2.45) is 5.92 Å². The molecule has 21 heavy (non-hydrogen) atoms. The maximum atomic E-state index is 12.9. The molecule has 1 aliphatic heterocycles. The van der Waals surface area contributed by atoms with Crippen LogP contribution >= 0.6 is 11.8 Å². The molecule has 1 N–H and O–H groups in total. The van der Waals surface area contributed by atoms with Crippen LogP contribution in [0.3, 0.4) is 0 Å². The second-order valence-electron chi connectivity index (χ2n) is 6.87. The van der Waals surface area contributed by atoms with Gasteiger partial charge < -0.3 is 4.90 Å². The van der Waals surface area contributed by atoms with Crippen molar-refractivity contribution in [3.05, 3.63) is 0 Å². The van der Waals surface area contributed by atoms with Crippen molar-refractivity contribution in [3.63, 3.8) is 0 Å². The molecule has 122 valence electrons. The van der Waals surface area contributed by atoms with Gasteiger partial charge in [0.15, 0.2) is 0 Å². The maximum absolute atomic E-state index is 12.9. The smallest absolute Gasteiger partial charge is 0.241 e. The van der Waals surface area contributed by atoms with Crippen molar-refractivity contribution >= 4 is 17.7 Å². The Morgan fingerprint density at radius 3 is 2.52 bits per heavy atom. The third-order valence-electron chi connectivity index (χ3n) is 5.55. The number of nitrogens with one attached hydrogen (secondary N) is 1. The normalized spacial score (nSPS) is 30.7. The second kappa shape index (κ2) is 7.36. The molecule has 0 aromatic heterocycles. The van der Waals surface area contributed by atoms with Crippen LogP contribution in [0.2, 0.25) is 0 Å². The predicted octanol–water partition coefficient (Wildman–Crippen LogP) is 3.63. The van der Waals surface area contributed by atoms with Gasteiger partial charge in [-0.05, 0) is 31.4 Å². The highest BCUT2D eigenvalue weighted by Gasteiger charge is 2.44. The molecule has 3 atom stereocenters.